The summed E-state index contributed by atoms with van der Waals surface area (Å²) in [6, 6.07) is 18.1. The van der Waals surface area contributed by atoms with Gasteiger partial charge in [-0.3, -0.25) is 4.79 Å². The Bertz CT molecular complexity index is 923. The number of aryl methyl sites for hydroxylation is 2. The molecular weight excluding hydrogens is 340 g/mol. The van der Waals surface area contributed by atoms with E-state index in [2.05, 4.69) is 32.5 Å². The predicted molar refractivity (Wildman–Crippen MR) is 103 cm³/mol. The van der Waals surface area contributed by atoms with Crippen molar-refractivity contribution < 1.29 is 9.32 Å². The molecule has 0 saturated heterocycles. The molecular formula is C21H22N4O2. The second-order valence-electron chi connectivity index (χ2n) is 6.88. The lowest BCUT2D eigenvalue weighted by Crippen LogP contribution is -2.30. The van der Waals surface area contributed by atoms with Gasteiger partial charge in [-0.15, -0.1) is 0 Å². The normalized spacial score (nSPS) is 16.6. The minimum absolute atomic E-state index is 0.0269. The number of carbonyl (C=O) groups excluding carboxylic acids is 1. The highest BCUT2D eigenvalue weighted by molar-refractivity contribution is 5.97. The largest absolute Gasteiger partial charge is 0.360 e. The Morgan fingerprint density at radius 2 is 1.89 bits per heavy atom. The molecule has 0 spiro atoms. The summed E-state index contributed by atoms with van der Waals surface area (Å²) in [7, 11) is 0. The number of hydrogen-bond donors (Lipinski definition) is 1. The summed E-state index contributed by atoms with van der Waals surface area (Å²) in [5.74, 6) is 1.17. The Morgan fingerprint density at radius 1 is 1.11 bits per heavy atom. The molecule has 1 aliphatic heterocycles. The maximum Gasteiger partial charge on any atom is 0.246 e. The fourth-order valence-corrected chi connectivity index (χ4v) is 3.29. The van der Waals surface area contributed by atoms with Crippen molar-refractivity contribution >= 4 is 17.3 Å². The van der Waals surface area contributed by atoms with E-state index in [4.69, 9.17) is 4.52 Å². The van der Waals surface area contributed by atoms with Crippen LogP contribution in [0.2, 0.25) is 0 Å². The summed E-state index contributed by atoms with van der Waals surface area (Å²) < 4.78 is 5.47. The quantitative estimate of drug-likeness (QED) is 0.753. The van der Waals surface area contributed by atoms with Gasteiger partial charge >= 0.3 is 0 Å². The standard InChI is InChI=1S/C21H22N4O2/c1-15-13-25(18-10-6-5-9-17(18)22-21(15)26)14-20-23-19(24-27-20)12-11-16-7-3-2-4-8-16/h2-10,15H,11-14H2,1H3,(H,22,26). The van der Waals surface area contributed by atoms with Crippen LogP contribution in [-0.2, 0) is 24.2 Å². The summed E-state index contributed by atoms with van der Waals surface area (Å²) in [6.07, 6.45) is 1.61. The van der Waals surface area contributed by atoms with Crippen molar-refractivity contribution in [2.24, 2.45) is 5.92 Å². The van der Waals surface area contributed by atoms with Crippen LogP contribution < -0.4 is 10.2 Å². The van der Waals surface area contributed by atoms with E-state index in [1.807, 2.05) is 49.4 Å². The Morgan fingerprint density at radius 3 is 2.74 bits per heavy atom. The molecule has 1 amide bonds. The molecule has 0 fully saturated rings. The van der Waals surface area contributed by atoms with Crippen LogP contribution in [0, 0.1) is 5.92 Å². The van der Waals surface area contributed by atoms with E-state index in [1.54, 1.807) is 0 Å². The van der Waals surface area contributed by atoms with Gasteiger partial charge in [-0.25, -0.2) is 0 Å². The van der Waals surface area contributed by atoms with E-state index in [0.29, 0.717) is 24.8 Å². The van der Waals surface area contributed by atoms with Gasteiger partial charge in [0.25, 0.3) is 0 Å². The lowest BCUT2D eigenvalue weighted by atomic mass is 10.1. The average molecular weight is 362 g/mol. The molecule has 1 N–H and O–H groups in total. The molecule has 3 aromatic rings. The van der Waals surface area contributed by atoms with Crippen LogP contribution in [0.5, 0.6) is 0 Å². The molecule has 1 unspecified atom stereocenters. The fraction of sp³-hybridized carbons (Fsp3) is 0.286. The first-order chi connectivity index (χ1) is 13.2. The monoisotopic (exact) mass is 362 g/mol. The molecule has 27 heavy (non-hydrogen) atoms. The van der Waals surface area contributed by atoms with E-state index in [-0.39, 0.29) is 11.8 Å². The van der Waals surface area contributed by atoms with Gasteiger partial charge in [0, 0.05) is 13.0 Å². The molecule has 6 heteroatoms. The van der Waals surface area contributed by atoms with Crippen molar-refractivity contribution in [2.75, 3.05) is 16.8 Å². The second kappa shape index (κ2) is 7.61. The van der Waals surface area contributed by atoms with Crippen LogP contribution in [0.25, 0.3) is 0 Å². The number of benzene rings is 2. The summed E-state index contributed by atoms with van der Waals surface area (Å²) in [5.41, 5.74) is 3.04. The number of amides is 1. The summed E-state index contributed by atoms with van der Waals surface area (Å²) >= 11 is 0. The zero-order valence-electron chi connectivity index (χ0n) is 15.3. The Labute approximate surface area is 158 Å². The van der Waals surface area contributed by atoms with Gasteiger partial charge in [-0.1, -0.05) is 54.5 Å². The molecule has 2 heterocycles. The number of para-hydroxylation sites is 2. The molecule has 0 radical (unpaired) electrons. The van der Waals surface area contributed by atoms with E-state index >= 15 is 0 Å². The van der Waals surface area contributed by atoms with E-state index in [9.17, 15) is 4.79 Å². The minimum Gasteiger partial charge on any atom is -0.360 e. The minimum atomic E-state index is -0.127. The lowest BCUT2D eigenvalue weighted by Gasteiger charge is -2.23. The number of hydrogen-bond acceptors (Lipinski definition) is 5. The molecule has 0 bridgehead atoms. The van der Waals surface area contributed by atoms with Crippen molar-refractivity contribution in [1.29, 1.82) is 0 Å². The number of aromatic nitrogens is 2. The number of rotatable bonds is 5. The Balaban J connectivity index is 1.47. The molecule has 4 rings (SSSR count). The zero-order valence-corrected chi connectivity index (χ0v) is 15.3. The van der Waals surface area contributed by atoms with Crippen molar-refractivity contribution in [1.82, 2.24) is 10.1 Å². The van der Waals surface area contributed by atoms with Gasteiger partial charge in [0.1, 0.15) is 0 Å². The smallest absolute Gasteiger partial charge is 0.246 e. The van der Waals surface area contributed by atoms with Gasteiger partial charge in [0.2, 0.25) is 11.8 Å². The maximum absolute atomic E-state index is 12.2. The Hall–Kier alpha value is -3.15. The number of nitrogens with one attached hydrogen (secondary N) is 1. The van der Waals surface area contributed by atoms with E-state index in [0.717, 1.165) is 24.2 Å². The van der Waals surface area contributed by atoms with Crippen LogP contribution in [0.3, 0.4) is 0 Å². The number of anilines is 2. The summed E-state index contributed by atoms with van der Waals surface area (Å²) in [6.45, 7) is 3.01. The highest BCUT2D eigenvalue weighted by atomic mass is 16.5. The fourth-order valence-electron chi connectivity index (χ4n) is 3.29. The first-order valence-electron chi connectivity index (χ1n) is 9.19. The van der Waals surface area contributed by atoms with Crippen molar-refractivity contribution in [3.05, 3.63) is 71.9 Å². The average Bonchev–Trinajstić information content (AvgIpc) is 3.10. The first kappa shape index (κ1) is 17.3. The molecule has 2 aromatic carbocycles. The van der Waals surface area contributed by atoms with Gasteiger partial charge in [-0.05, 0) is 24.1 Å². The zero-order chi connectivity index (χ0) is 18.6. The highest BCUT2D eigenvalue weighted by Gasteiger charge is 2.25. The number of fused-ring (bicyclic) bond motifs is 1. The molecule has 1 aliphatic rings. The first-order valence-corrected chi connectivity index (χ1v) is 9.19. The Kier molecular flexibility index (Phi) is 4.87. The number of carbonyl (C=O) groups is 1. The summed E-state index contributed by atoms with van der Waals surface area (Å²) in [5, 5.41) is 7.10. The lowest BCUT2D eigenvalue weighted by molar-refractivity contribution is -0.119. The topological polar surface area (TPSA) is 71.3 Å². The van der Waals surface area contributed by atoms with Crippen LogP contribution in [0.1, 0.15) is 24.2 Å². The van der Waals surface area contributed by atoms with Crippen LogP contribution in [0.15, 0.2) is 59.1 Å². The van der Waals surface area contributed by atoms with Crippen LogP contribution >= 0.6 is 0 Å². The van der Waals surface area contributed by atoms with Crippen molar-refractivity contribution in [3.8, 4) is 0 Å². The second-order valence-corrected chi connectivity index (χ2v) is 6.88. The molecule has 0 aliphatic carbocycles. The molecule has 6 nitrogen and oxygen atoms in total. The summed E-state index contributed by atoms with van der Waals surface area (Å²) in [4.78, 5) is 18.9. The molecule has 1 aromatic heterocycles. The van der Waals surface area contributed by atoms with Crippen molar-refractivity contribution in [2.45, 2.75) is 26.3 Å². The van der Waals surface area contributed by atoms with Gasteiger partial charge in [-0.2, -0.15) is 4.98 Å². The van der Waals surface area contributed by atoms with Gasteiger partial charge < -0.3 is 14.7 Å². The van der Waals surface area contributed by atoms with Gasteiger partial charge in [0.15, 0.2) is 5.82 Å². The van der Waals surface area contributed by atoms with Crippen LogP contribution in [0.4, 0.5) is 11.4 Å². The van der Waals surface area contributed by atoms with Crippen molar-refractivity contribution in [3.63, 3.8) is 0 Å². The van der Waals surface area contributed by atoms with Crippen LogP contribution in [-0.4, -0.2) is 22.6 Å². The molecule has 1 atom stereocenters. The molecule has 138 valence electrons. The third-order valence-electron chi connectivity index (χ3n) is 4.76. The molecule has 0 saturated carbocycles. The third kappa shape index (κ3) is 4.00. The third-order valence-corrected chi connectivity index (χ3v) is 4.76. The maximum atomic E-state index is 12.2. The van der Waals surface area contributed by atoms with E-state index < -0.39 is 0 Å². The highest BCUT2D eigenvalue weighted by Crippen LogP contribution is 2.30. The van der Waals surface area contributed by atoms with Gasteiger partial charge in [0.05, 0.1) is 23.8 Å². The SMILES string of the molecule is CC1CN(Cc2nc(CCc3ccccc3)no2)c2ccccc2NC1=O. The van der Waals surface area contributed by atoms with E-state index in [1.165, 1.54) is 5.56 Å². The number of nitrogens with zero attached hydrogens (tertiary/aromatic N) is 3. The predicted octanol–water partition coefficient (Wildman–Crippen LogP) is 3.45.